The van der Waals surface area contributed by atoms with Gasteiger partial charge in [-0.25, -0.2) is 0 Å². The maximum Gasteiger partial charge on any atom is 0.255 e. The Morgan fingerprint density at radius 2 is 2.24 bits per heavy atom. The van der Waals surface area contributed by atoms with Gasteiger partial charge in [-0.3, -0.25) is 4.79 Å². The largest absolute Gasteiger partial charge is 0.490 e. The maximum atomic E-state index is 12.3. The Bertz CT molecular complexity index is 445. The van der Waals surface area contributed by atoms with Gasteiger partial charge in [0.1, 0.15) is 12.4 Å². The molecule has 1 saturated heterocycles. The molecule has 21 heavy (non-hydrogen) atoms. The maximum absolute atomic E-state index is 12.3. The molecule has 1 unspecified atom stereocenters. The Hall–Kier alpha value is -1.59. The van der Waals surface area contributed by atoms with Gasteiger partial charge in [-0.1, -0.05) is 12.1 Å². The second-order valence-electron chi connectivity index (χ2n) is 5.26. The first-order valence-electron chi connectivity index (χ1n) is 7.51. The zero-order valence-corrected chi connectivity index (χ0v) is 12.6. The van der Waals surface area contributed by atoms with Crippen LogP contribution in [0.2, 0.25) is 0 Å². The minimum absolute atomic E-state index is 0.0754. The van der Waals surface area contributed by atoms with Crippen molar-refractivity contribution in [3.8, 4) is 5.75 Å². The number of ether oxygens (including phenoxy) is 2. The second-order valence-corrected chi connectivity index (χ2v) is 5.26. The van der Waals surface area contributed by atoms with Gasteiger partial charge >= 0.3 is 0 Å². The summed E-state index contributed by atoms with van der Waals surface area (Å²) >= 11 is 0. The molecule has 1 aliphatic heterocycles. The topological polar surface area (TPSA) is 59.6 Å². The summed E-state index contributed by atoms with van der Waals surface area (Å²) in [5, 5.41) is 6.36. The average Bonchev–Trinajstić information content (AvgIpc) is 2.54. The fourth-order valence-corrected chi connectivity index (χ4v) is 2.45. The van der Waals surface area contributed by atoms with Crippen molar-refractivity contribution in [2.24, 2.45) is 5.92 Å². The summed E-state index contributed by atoms with van der Waals surface area (Å²) < 4.78 is 10.6. The van der Waals surface area contributed by atoms with Crippen LogP contribution in [0.25, 0.3) is 0 Å². The second kappa shape index (κ2) is 8.64. The van der Waals surface area contributed by atoms with Crippen LogP contribution in [0, 0.1) is 5.92 Å². The molecule has 0 aliphatic carbocycles. The highest BCUT2D eigenvalue weighted by Crippen LogP contribution is 2.18. The Labute approximate surface area is 126 Å². The van der Waals surface area contributed by atoms with Crippen molar-refractivity contribution in [2.75, 3.05) is 40.0 Å². The summed E-state index contributed by atoms with van der Waals surface area (Å²) in [5.74, 6) is 1.05. The third kappa shape index (κ3) is 5.02. The van der Waals surface area contributed by atoms with Crippen molar-refractivity contribution < 1.29 is 14.3 Å². The van der Waals surface area contributed by atoms with Crippen LogP contribution in [0.5, 0.6) is 5.75 Å². The molecule has 2 N–H and O–H groups in total. The van der Waals surface area contributed by atoms with Gasteiger partial charge in [0.2, 0.25) is 0 Å². The smallest absolute Gasteiger partial charge is 0.255 e. The van der Waals surface area contributed by atoms with E-state index < -0.39 is 0 Å². The average molecular weight is 292 g/mol. The molecule has 0 saturated carbocycles. The van der Waals surface area contributed by atoms with Crippen LogP contribution < -0.4 is 15.4 Å². The van der Waals surface area contributed by atoms with E-state index in [-0.39, 0.29) is 5.91 Å². The van der Waals surface area contributed by atoms with E-state index in [1.54, 1.807) is 13.2 Å². The minimum Gasteiger partial charge on any atom is -0.490 e. The van der Waals surface area contributed by atoms with Crippen molar-refractivity contribution in [3.63, 3.8) is 0 Å². The molecule has 5 heteroatoms. The van der Waals surface area contributed by atoms with E-state index in [2.05, 4.69) is 10.6 Å². The van der Waals surface area contributed by atoms with Gasteiger partial charge < -0.3 is 20.1 Å². The van der Waals surface area contributed by atoms with Crippen LogP contribution in [0.1, 0.15) is 23.2 Å². The number of piperidine rings is 1. The number of hydrogen-bond donors (Lipinski definition) is 2. The molecule has 0 aromatic heterocycles. The molecule has 2 rings (SSSR count). The summed E-state index contributed by atoms with van der Waals surface area (Å²) in [7, 11) is 1.63. The molecule has 1 aromatic rings. The molecular weight excluding hydrogens is 268 g/mol. The number of benzene rings is 1. The van der Waals surface area contributed by atoms with Crippen LogP contribution in [0.15, 0.2) is 24.3 Å². The van der Waals surface area contributed by atoms with Crippen LogP contribution in [-0.4, -0.2) is 45.9 Å². The SMILES string of the molecule is COCCOc1ccccc1C(=O)NCC1CCCNC1. The van der Waals surface area contributed by atoms with Gasteiger partial charge in [-0.15, -0.1) is 0 Å². The van der Waals surface area contributed by atoms with Gasteiger partial charge in [0, 0.05) is 13.7 Å². The summed E-state index contributed by atoms with van der Waals surface area (Å²) in [6.45, 7) is 3.71. The quantitative estimate of drug-likeness (QED) is 0.747. The summed E-state index contributed by atoms with van der Waals surface area (Å²) in [4.78, 5) is 12.3. The Kier molecular flexibility index (Phi) is 6.50. The van der Waals surface area contributed by atoms with Gasteiger partial charge in [0.15, 0.2) is 0 Å². The van der Waals surface area contributed by atoms with Gasteiger partial charge in [0.05, 0.1) is 12.2 Å². The van der Waals surface area contributed by atoms with Crippen LogP contribution >= 0.6 is 0 Å². The fraction of sp³-hybridized carbons (Fsp3) is 0.562. The van der Waals surface area contributed by atoms with Crippen LogP contribution in [0.4, 0.5) is 0 Å². The molecular formula is C16H24N2O3. The molecule has 1 amide bonds. The molecule has 0 bridgehead atoms. The number of methoxy groups -OCH3 is 1. The van der Waals surface area contributed by atoms with E-state index in [1.807, 2.05) is 18.2 Å². The zero-order valence-electron chi connectivity index (χ0n) is 12.6. The predicted octanol–water partition coefficient (Wildman–Crippen LogP) is 1.44. The first kappa shape index (κ1) is 15.8. The van der Waals surface area contributed by atoms with Crippen molar-refractivity contribution in [1.29, 1.82) is 0 Å². The highest BCUT2D eigenvalue weighted by Gasteiger charge is 2.16. The predicted molar refractivity (Wildman–Crippen MR) is 81.7 cm³/mol. The Morgan fingerprint density at radius 1 is 1.38 bits per heavy atom. The molecule has 5 nitrogen and oxygen atoms in total. The van der Waals surface area contributed by atoms with Crippen molar-refractivity contribution >= 4 is 5.91 Å². The van der Waals surface area contributed by atoms with E-state index in [9.17, 15) is 4.79 Å². The van der Waals surface area contributed by atoms with E-state index in [4.69, 9.17) is 9.47 Å². The normalized spacial score (nSPS) is 18.2. The van der Waals surface area contributed by atoms with Crippen molar-refractivity contribution in [3.05, 3.63) is 29.8 Å². The molecule has 116 valence electrons. The van der Waals surface area contributed by atoms with Crippen molar-refractivity contribution in [2.45, 2.75) is 12.8 Å². The van der Waals surface area contributed by atoms with Gasteiger partial charge in [0.25, 0.3) is 5.91 Å². The lowest BCUT2D eigenvalue weighted by Gasteiger charge is -2.23. The molecule has 1 aromatic carbocycles. The highest BCUT2D eigenvalue weighted by molar-refractivity contribution is 5.96. The number of amides is 1. The van der Waals surface area contributed by atoms with Crippen LogP contribution in [-0.2, 0) is 4.74 Å². The van der Waals surface area contributed by atoms with E-state index >= 15 is 0 Å². The number of carbonyl (C=O) groups excluding carboxylic acids is 1. The number of rotatable bonds is 7. The molecule has 1 atom stereocenters. The Morgan fingerprint density at radius 3 is 3.00 bits per heavy atom. The molecule has 1 fully saturated rings. The third-order valence-electron chi connectivity index (χ3n) is 3.63. The fourth-order valence-electron chi connectivity index (χ4n) is 2.45. The van der Waals surface area contributed by atoms with E-state index in [1.165, 1.54) is 12.8 Å². The first-order chi connectivity index (χ1) is 10.3. The first-order valence-corrected chi connectivity index (χ1v) is 7.51. The lowest BCUT2D eigenvalue weighted by Crippen LogP contribution is -2.38. The minimum atomic E-state index is -0.0754. The lowest BCUT2D eigenvalue weighted by molar-refractivity contribution is 0.0937. The van der Waals surface area contributed by atoms with Crippen molar-refractivity contribution in [1.82, 2.24) is 10.6 Å². The molecule has 1 heterocycles. The third-order valence-corrected chi connectivity index (χ3v) is 3.63. The summed E-state index contributed by atoms with van der Waals surface area (Å²) in [5.41, 5.74) is 0.581. The van der Waals surface area contributed by atoms with E-state index in [0.717, 1.165) is 13.1 Å². The van der Waals surface area contributed by atoms with Gasteiger partial charge in [-0.05, 0) is 44.0 Å². The summed E-state index contributed by atoms with van der Waals surface area (Å²) in [6.07, 6.45) is 2.34. The standard InChI is InChI=1S/C16H24N2O3/c1-20-9-10-21-15-7-3-2-6-14(15)16(19)18-12-13-5-4-8-17-11-13/h2-3,6-7,13,17H,4-5,8-12H2,1H3,(H,18,19). The molecule has 0 spiro atoms. The lowest BCUT2D eigenvalue weighted by atomic mass is 9.99. The number of hydrogen-bond acceptors (Lipinski definition) is 4. The molecule has 1 aliphatic rings. The van der Waals surface area contributed by atoms with Gasteiger partial charge in [-0.2, -0.15) is 0 Å². The van der Waals surface area contributed by atoms with Crippen LogP contribution in [0.3, 0.4) is 0 Å². The molecule has 0 radical (unpaired) electrons. The number of para-hydroxylation sites is 1. The number of nitrogens with one attached hydrogen (secondary N) is 2. The summed E-state index contributed by atoms with van der Waals surface area (Å²) in [6, 6.07) is 7.31. The van der Waals surface area contributed by atoms with E-state index in [0.29, 0.717) is 37.0 Å². The monoisotopic (exact) mass is 292 g/mol. The number of carbonyl (C=O) groups is 1. The highest BCUT2D eigenvalue weighted by atomic mass is 16.5. The zero-order chi connectivity index (χ0) is 14.9. The Balaban J connectivity index is 1.88.